The molecule has 45 heavy (non-hydrogen) atoms. The summed E-state index contributed by atoms with van der Waals surface area (Å²) in [6, 6.07) is 14.4. The Morgan fingerprint density at radius 3 is 1.60 bits per heavy atom. The normalized spacial score (nSPS) is 20.7. The molecule has 2 aromatic rings. The summed E-state index contributed by atoms with van der Waals surface area (Å²) in [6.45, 7) is 11.0. The molecular formula is C38H59Cl2N2PRuS. The van der Waals surface area contributed by atoms with Crippen LogP contribution in [0.2, 0.25) is 0 Å². The fraction of sp³-hybridized carbons (Fsp3) is 0.632. The molecule has 2 aromatic carbocycles. The third-order valence-electron chi connectivity index (χ3n) is 10.2. The van der Waals surface area contributed by atoms with Crippen molar-refractivity contribution in [2.75, 3.05) is 24.2 Å². The molecular weight excluding hydrogens is 719 g/mol. The van der Waals surface area contributed by atoms with E-state index in [0.29, 0.717) is 0 Å². The first kappa shape index (κ1) is 37.9. The minimum atomic E-state index is -1.61. The van der Waals surface area contributed by atoms with E-state index in [2.05, 4.69) is 55.0 Å². The van der Waals surface area contributed by atoms with Gasteiger partial charge in [-0.3, -0.25) is 0 Å². The van der Waals surface area contributed by atoms with E-state index in [1.54, 1.807) is 108 Å². The summed E-state index contributed by atoms with van der Waals surface area (Å²) in [5, 5.41) is 0. The van der Waals surface area contributed by atoms with E-state index in [-0.39, 0.29) is 7.92 Å². The molecule has 0 bridgehead atoms. The van der Waals surface area contributed by atoms with E-state index in [1.807, 2.05) is 34.9 Å². The van der Waals surface area contributed by atoms with Gasteiger partial charge in [-0.2, -0.15) is 6.67 Å². The number of rotatable bonds is 6. The Labute approximate surface area is 295 Å². The molecule has 7 heteroatoms. The van der Waals surface area contributed by atoms with Crippen molar-refractivity contribution in [3.63, 3.8) is 0 Å². The van der Waals surface area contributed by atoms with Crippen LogP contribution >= 0.6 is 39.3 Å². The van der Waals surface area contributed by atoms with Crippen LogP contribution < -0.4 is 4.90 Å². The zero-order valence-electron chi connectivity index (χ0n) is 28.4. The second-order valence-electron chi connectivity index (χ2n) is 13.6. The summed E-state index contributed by atoms with van der Waals surface area (Å²) in [7, 11) is 11.3. The van der Waals surface area contributed by atoms with Crippen molar-refractivity contribution in [1.29, 1.82) is 0 Å². The standard InChI is InChI=1S/C18H33P.C13H19N2S.C7H6.2ClH.Ru/c1-4-10-16(11-5-1)19(17-12-6-2-7-13-17)18-14-8-3-9-15-18;1-10-7-11(2)13(12(3)8-10)14-5-6-15(9-14)16-4;1-7-5-3-2-4-6-7;;;/h16-18H,1-15H2;7-9H,5-6H2,1-4H3;1-6H;2*1H;/q;-1;;;;+2/p-1. The first-order valence-electron chi connectivity index (χ1n) is 17.6. The SMILES string of the molecule is C1CCC([PH+](C2CCCCC2)C2CCCCC2)CC1.CSN1[CH-]N(c2c(C)cc(C)cc2C)CC1.[Cl][Ru]([Cl])=[CH]c1ccccc1. The van der Waals surface area contributed by atoms with E-state index in [4.69, 9.17) is 19.4 Å². The van der Waals surface area contributed by atoms with Crippen LogP contribution in [0.4, 0.5) is 5.69 Å². The zero-order valence-corrected chi connectivity index (χ0v) is 33.4. The molecule has 4 aliphatic rings. The molecule has 0 aromatic heterocycles. The molecule has 4 fully saturated rings. The Kier molecular flexibility index (Phi) is 17.3. The topological polar surface area (TPSA) is 6.48 Å². The average molecular weight is 779 g/mol. The van der Waals surface area contributed by atoms with Crippen LogP contribution in [-0.4, -0.2) is 45.2 Å². The number of hydrogen-bond acceptors (Lipinski definition) is 3. The molecule has 254 valence electrons. The number of anilines is 1. The van der Waals surface area contributed by atoms with Gasteiger partial charge in [-0.25, -0.2) is 0 Å². The van der Waals surface area contributed by atoms with Crippen LogP contribution in [0.5, 0.6) is 0 Å². The summed E-state index contributed by atoms with van der Waals surface area (Å²) < 4.78 is 4.20. The molecule has 1 saturated heterocycles. The zero-order chi connectivity index (χ0) is 32.0. The Bertz CT molecular complexity index is 1090. The van der Waals surface area contributed by atoms with Crippen LogP contribution in [0, 0.1) is 27.4 Å². The van der Waals surface area contributed by atoms with Crippen LogP contribution in [0.1, 0.15) is 119 Å². The van der Waals surface area contributed by atoms with E-state index in [9.17, 15) is 0 Å². The number of nitrogens with zero attached hydrogens (tertiary/aromatic N) is 2. The second kappa shape index (κ2) is 20.5. The van der Waals surface area contributed by atoms with E-state index in [0.717, 1.165) is 18.7 Å². The van der Waals surface area contributed by atoms with Crippen LogP contribution in [0.15, 0.2) is 42.5 Å². The summed E-state index contributed by atoms with van der Waals surface area (Å²) in [5.74, 6) is 0. The van der Waals surface area contributed by atoms with Gasteiger partial charge in [0, 0.05) is 20.2 Å². The Hall–Kier alpha value is 0.0534. The number of hydrogen-bond donors (Lipinski definition) is 0. The van der Waals surface area contributed by atoms with Gasteiger partial charge in [0.1, 0.15) is 0 Å². The van der Waals surface area contributed by atoms with Crippen LogP contribution in [0.25, 0.3) is 0 Å². The number of aryl methyl sites for hydroxylation is 3. The molecule has 0 amide bonds. The predicted octanol–water partition coefficient (Wildman–Crippen LogP) is 12.1. The van der Waals surface area contributed by atoms with Gasteiger partial charge in [-0.1, -0.05) is 37.0 Å². The molecule has 0 N–H and O–H groups in total. The molecule has 2 nitrogen and oxygen atoms in total. The van der Waals surface area contributed by atoms with Gasteiger partial charge in [-0.15, -0.1) is 11.9 Å². The van der Waals surface area contributed by atoms with Crippen LogP contribution in [-0.2, 0) is 13.5 Å². The molecule has 0 unspecified atom stereocenters. The van der Waals surface area contributed by atoms with Crippen molar-refractivity contribution in [2.24, 2.45) is 0 Å². The monoisotopic (exact) mass is 778 g/mol. The van der Waals surface area contributed by atoms with Crippen molar-refractivity contribution in [3.05, 3.63) is 71.4 Å². The third kappa shape index (κ3) is 12.5. The minimum absolute atomic E-state index is 0.0465. The van der Waals surface area contributed by atoms with Crippen molar-refractivity contribution in [3.8, 4) is 0 Å². The van der Waals surface area contributed by atoms with Gasteiger partial charge >= 0.3 is 73.4 Å². The molecule has 6 rings (SSSR count). The maximum atomic E-state index is 5.67. The predicted molar refractivity (Wildman–Crippen MR) is 205 cm³/mol. The van der Waals surface area contributed by atoms with Gasteiger partial charge in [0.15, 0.2) is 0 Å². The quantitative estimate of drug-likeness (QED) is 0.125. The van der Waals surface area contributed by atoms with Gasteiger partial charge in [0.25, 0.3) is 0 Å². The number of halogens is 2. The molecule has 3 saturated carbocycles. The van der Waals surface area contributed by atoms with Crippen molar-refractivity contribution in [2.45, 2.75) is 134 Å². The summed E-state index contributed by atoms with van der Waals surface area (Å²) in [6.07, 6.45) is 25.9. The summed E-state index contributed by atoms with van der Waals surface area (Å²) in [4.78, 5) is 2.36. The fourth-order valence-corrected chi connectivity index (χ4v) is 15.9. The Morgan fingerprint density at radius 1 is 0.733 bits per heavy atom. The molecule has 1 aliphatic heterocycles. The van der Waals surface area contributed by atoms with Gasteiger partial charge in [0.05, 0.1) is 17.0 Å². The second-order valence-corrected chi connectivity index (χ2v) is 23.6. The molecule has 0 radical (unpaired) electrons. The first-order valence-corrected chi connectivity index (χ1v) is 26.0. The summed E-state index contributed by atoms with van der Waals surface area (Å²) >= 11 is 0.167. The van der Waals surface area contributed by atoms with Crippen molar-refractivity contribution < 1.29 is 13.5 Å². The van der Waals surface area contributed by atoms with Crippen molar-refractivity contribution in [1.82, 2.24) is 4.31 Å². The molecule has 3 aliphatic carbocycles. The molecule has 0 spiro atoms. The Morgan fingerprint density at radius 2 is 1.20 bits per heavy atom. The van der Waals surface area contributed by atoms with Crippen molar-refractivity contribution >= 4 is 49.5 Å². The fourth-order valence-electron chi connectivity index (χ4n) is 8.33. The van der Waals surface area contributed by atoms with Gasteiger partial charge in [-0.05, 0) is 122 Å². The summed E-state index contributed by atoms with van der Waals surface area (Å²) in [5.41, 5.74) is 10.3. The number of benzene rings is 2. The maximum absolute atomic E-state index is 5.67. The van der Waals surface area contributed by atoms with E-state index < -0.39 is 13.5 Å². The van der Waals surface area contributed by atoms with Crippen LogP contribution in [0.3, 0.4) is 0 Å². The van der Waals surface area contributed by atoms with Gasteiger partial charge in [0.2, 0.25) is 0 Å². The first-order chi connectivity index (χ1) is 21.9. The average Bonchev–Trinajstić information content (AvgIpc) is 3.52. The Balaban J connectivity index is 0.000000161. The third-order valence-corrected chi connectivity index (χ3v) is 17.4. The molecule has 1 heterocycles. The van der Waals surface area contributed by atoms with E-state index >= 15 is 0 Å². The van der Waals surface area contributed by atoms with E-state index in [1.165, 1.54) is 39.4 Å². The molecule has 0 atom stereocenters. The van der Waals surface area contributed by atoms with Gasteiger partial charge < -0.3 is 9.21 Å².